The number of carbonyl (C=O) groups is 2. The van der Waals surface area contributed by atoms with E-state index in [1.165, 1.54) is 24.9 Å². The molecular formula is C23H32N6O3. The quantitative estimate of drug-likeness (QED) is 0.762. The second kappa shape index (κ2) is 9.17. The van der Waals surface area contributed by atoms with Crippen LogP contribution in [0.5, 0.6) is 0 Å². The molecular weight excluding hydrogens is 408 g/mol. The van der Waals surface area contributed by atoms with Gasteiger partial charge in [-0.3, -0.25) is 19.9 Å². The zero-order valence-corrected chi connectivity index (χ0v) is 18.7. The van der Waals surface area contributed by atoms with Crippen molar-refractivity contribution in [2.75, 3.05) is 50.8 Å². The van der Waals surface area contributed by atoms with Crippen LogP contribution >= 0.6 is 0 Å². The van der Waals surface area contributed by atoms with Crippen molar-refractivity contribution in [2.24, 2.45) is 5.92 Å². The molecule has 3 aliphatic heterocycles. The van der Waals surface area contributed by atoms with E-state index in [0.29, 0.717) is 19.0 Å². The SMILES string of the molecule is C[C@@H]1CN(CC2CCOCC2)CCN1Cc1ccn2ncc(N3CCC(=O)NC3=O)c2c1. The van der Waals surface area contributed by atoms with Crippen molar-refractivity contribution in [2.45, 2.75) is 38.8 Å². The van der Waals surface area contributed by atoms with Crippen molar-refractivity contribution in [1.82, 2.24) is 24.7 Å². The second-order valence-electron chi connectivity index (χ2n) is 9.28. The number of nitrogens with zero attached hydrogens (tertiary/aromatic N) is 5. The number of nitrogens with one attached hydrogen (secondary N) is 1. The fraction of sp³-hybridized carbons (Fsp3) is 0.609. The number of ether oxygens (including phenoxy) is 1. The van der Waals surface area contributed by atoms with Gasteiger partial charge < -0.3 is 9.64 Å². The van der Waals surface area contributed by atoms with Crippen LogP contribution < -0.4 is 10.2 Å². The average Bonchev–Trinajstić information content (AvgIpc) is 3.19. The number of pyridine rings is 1. The summed E-state index contributed by atoms with van der Waals surface area (Å²) in [4.78, 5) is 30.6. The highest BCUT2D eigenvalue weighted by Gasteiger charge is 2.28. The molecule has 1 atom stereocenters. The maximum absolute atomic E-state index is 12.3. The number of imide groups is 1. The molecule has 0 spiro atoms. The maximum Gasteiger partial charge on any atom is 0.328 e. The molecule has 1 N–H and O–H groups in total. The number of piperazine rings is 1. The molecule has 0 saturated carbocycles. The summed E-state index contributed by atoms with van der Waals surface area (Å²) >= 11 is 0. The number of aromatic nitrogens is 2. The van der Waals surface area contributed by atoms with Gasteiger partial charge in [-0.25, -0.2) is 9.31 Å². The first kappa shape index (κ1) is 21.4. The molecule has 2 aromatic rings. The van der Waals surface area contributed by atoms with Crippen LogP contribution in [0.4, 0.5) is 10.5 Å². The van der Waals surface area contributed by atoms with E-state index in [0.717, 1.165) is 56.5 Å². The third-order valence-corrected chi connectivity index (χ3v) is 7.00. The highest BCUT2D eigenvalue weighted by molar-refractivity contribution is 6.07. The van der Waals surface area contributed by atoms with Crippen LogP contribution in [0.2, 0.25) is 0 Å². The van der Waals surface area contributed by atoms with Crippen molar-refractivity contribution in [3.05, 3.63) is 30.1 Å². The van der Waals surface area contributed by atoms with Gasteiger partial charge in [-0.1, -0.05) is 0 Å². The van der Waals surface area contributed by atoms with E-state index in [2.05, 4.69) is 39.3 Å². The van der Waals surface area contributed by atoms with E-state index in [-0.39, 0.29) is 11.9 Å². The first-order chi connectivity index (χ1) is 15.6. The van der Waals surface area contributed by atoms with E-state index in [1.54, 1.807) is 15.6 Å². The number of fused-ring (bicyclic) bond motifs is 1. The summed E-state index contributed by atoms with van der Waals surface area (Å²) in [6.45, 7) is 9.83. The van der Waals surface area contributed by atoms with E-state index < -0.39 is 0 Å². The van der Waals surface area contributed by atoms with E-state index in [1.807, 2.05) is 6.20 Å². The van der Waals surface area contributed by atoms with Gasteiger partial charge in [0.2, 0.25) is 5.91 Å². The molecule has 32 heavy (non-hydrogen) atoms. The largest absolute Gasteiger partial charge is 0.381 e. The summed E-state index contributed by atoms with van der Waals surface area (Å²) in [6.07, 6.45) is 6.33. The van der Waals surface area contributed by atoms with Gasteiger partial charge in [0.15, 0.2) is 0 Å². The van der Waals surface area contributed by atoms with Crippen LogP contribution in [0.1, 0.15) is 31.7 Å². The number of hydrogen-bond acceptors (Lipinski definition) is 6. The highest BCUT2D eigenvalue weighted by Crippen LogP contribution is 2.25. The molecule has 2 aromatic heterocycles. The van der Waals surface area contributed by atoms with Crippen molar-refractivity contribution in [3.8, 4) is 0 Å². The first-order valence-electron chi connectivity index (χ1n) is 11.7. The van der Waals surface area contributed by atoms with E-state index >= 15 is 0 Å². The Balaban J connectivity index is 1.24. The summed E-state index contributed by atoms with van der Waals surface area (Å²) in [5.41, 5.74) is 2.83. The lowest BCUT2D eigenvalue weighted by Gasteiger charge is -2.41. The van der Waals surface area contributed by atoms with Gasteiger partial charge in [0.05, 0.1) is 17.4 Å². The Kier molecular flexibility index (Phi) is 6.12. The van der Waals surface area contributed by atoms with E-state index in [9.17, 15) is 9.59 Å². The number of amides is 3. The normalized spacial score (nSPS) is 24.3. The van der Waals surface area contributed by atoms with Gasteiger partial charge in [0.1, 0.15) is 0 Å². The summed E-state index contributed by atoms with van der Waals surface area (Å²) in [5, 5.41) is 6.79. The number of rotatable bonds is 5. The van der Waals surface area contributed by atoms with Crippen LogP contribution in [0, 0.1) is 5.92 Å². The monoisotopic (exact) mass is 440 g/mol. The molecule has 9 heteroatoms. The topological polar surface area (TPSA) is 82.4 Å². The Bertz CT molecular complexity index is 985. The summed E-state index contributed by atoms with van der Waals surface area (Å²) in [7, 11) is 0. The lowest BCUT2D eigenvalue weighted by molar-refractivity contribution is -0.120. The lowest BCUT2D eigenvalue weighted by Crippen LogP contribution is -2.52. The molecule has 3 fully saturated rings. The third-order valence-electron chi connectivity index (χ3n) is 7.00. The maximum atomic E-state index is 12.3. The Labute approximate surface area is 188 Å². The molecule has 0 aromatic carbocycles. The zero-order chi connectivity index (χ0) is 22.1. The average molecular weight is 441 g/mol. The van der Waals surface area contributed by atoms with Gasteiger partial charge in [-0.15, -0.1) is 0 Å². The predicted molar refractivity (Wildman–Crippen MR) is 121 cm³/mol. The molecule has 0 aliphatic carbocycles. The molecule has 5 heterocycles. The smallest absolute Gasteiger partial charge is 0.328 e. The zero-order valence-electron chi connectivity index (χ0n) is 18.7. The highest BCUT2D eigenvalue weighted by atomic mass is 16.5. The van der Waals surface area contributed by atoms with Gasteiger partial charge in [0.25, 0.3) is 0 Å². The number of anilines is 1. The number of urea groups is 1. The standard InChI is InChI=1S/C23H32N6O3/c1-17-14-26(15-18-4-10-32-11-5-18)8-9-27(17)16-19-2-7-29-20(12-19)21(13-24-29)28-6-3-22(30)25-23(28)31/h2,7,12-13,17-18H,3-6,8-11,14-16H2,1H3,(H,25,30,31)/t17-/m1/s1. The molecule has 3 aliphatic rings. The number of carbonyl (C=O) groups excluding carboxylic acids is 2. The van der Waals surface area contributed by atoms with Crippen molar-refractivity contribution >= 4 is 23.1 Å². The molecule has 0 bridgehead atoms. The minimum atomic E-state index is -0.379. The van der Waals surface area contributed by atoms with Gasteiger partial charge in [-0.2, -0.15) is 5.10 Å². The van der Waals surface area contributed by atoms with Crippen LogP contribution in [0.3, 0.4) is 0 Å². The van der Waals surface area contributed by atoms with Gasteiger partial charge in [-0.05, 0) is 43.4 Å². The molecule has 9 nitrogen and oxygen atoms in total. The Morgan fingerprint density at radius 3 is 2.81 bits per heavy atom. The molecule has 3 amide bonds. The first-order valence-corrected chi connectivity index (χ1v) is 11.7. The van der Waals surface area contributed by atoms with Gasteiger partial charge >= 0.3 is 6.03 Å². The third kappa shape index (κ3) is 4.51. The van der Waals surface area contributed by atoms with Crippen molar-refractivity contribution < 1.29 is 14.3 Å². The lowest BCUT2D eigenvalue weighted by atomic mass is 9.99. The van der Waals surface area contributed by atoms with Gasteiger partial charge in [0, 0.05) is 71.1 Å². The fourth-order valence-corrected chi connectivity index (χ4v) is 5.11. The van der Waals surface area contributed by atoms with Crippen molar-refractivity contribution in [1.29, 1.82) is 0 Å². The summed E-state index contributed by atoms with van der Waals surface area (Å²) in [6, 6.07) is 4.33. The van der Waals surface area contributed by atoms with Crippen LogP contribution in [0.25, 0.3) is 5.52 Å². The minimum Gasteiger partial charge on any atom is -0.381 e. The van der Waals surface area contributed by atoms with Crippen molar-refractivity contribution in [3.63, 3.8) is 0 Å². The summed E-state index contributed by atoms with van der Waals surface area (Å²) in [5.74, 6) is 0.542. The second-order valence-corrected chi connectivity index (χ2v) is 9.28. The van der Waals surface area contributed by atoms with Crippen LogP contribution in [0.15, 0.2) is 24.5 Å². The molecule has 0 radical (unpaired) electrons. The van der Waals surface area contributed by atoms with Crippen LogP contribution in [-0.2, 0) is 16.1 Å². The summed E-state index contributed by atoms with van der Waals surface area (Å²) < 4.78 is 7.29. The minimum absolute atomic E-state index is 0.228. The van der Waals surface area contributed by atoms with E-state index in [4.69, 9.17) is 4.74 Å². The Hall–Kier alpha value is -2.49. The molecule has 5 rings (SSSR count). The molecule has 3 saturated heterocycles. The molecule has 0 unspecified atom stereocenters. The predicted octanol–water partition coefficient (Wildman–Crippen LogP) is 1.71. The Morgan fingerprint density at radius 1 is 1.19 bits per heavy atom. The van der Waals surface area contributed by atoms with Crippen LogP contribution in [-0.4, -0.2) is 83.3 Å². The Morgan fingerprint density at radius 2 is 2.03 bits per heavy atom. The fourth-order valence-electron chi connectivity index (χ4n) is 5.11. The number of hydrogen-bond donors (Lipinski definition) is 1. The molecule has 172 valence electrons.